The largest absolute Gasteiger partial charge is 0.319 e. The van der Waals surface area contributed by atoms with Crippen LogP contribution < -0.4 is 11.1 Å². The van der Waals surface area contributed by atoms with Gasteiger partial charge in [-0.1, -0.05) is 30.3 Å². The standard InChI is InChI=1S/C20H17N5O2/c1-13-18(20(27)25(24(13)2)14-8-4-3-5-9-14)21-12-17-19(26)23-16-11-7-6-10-15(16)22-17/h3-12H,1-2H3,(H,23,26). The molecular formula is C20H17N5O2. The van der Waals surface area contributed by atoms with Gasteiger partial charge in [-0.05, 0) is 31.2 Å². The summed E-state index contributed by atoms with van der Waals surface area (Å²) in [4.78, 5) is 36.5. The third kappa shape index (κ3) is 2.89. The second-order valence-corrected chi connectivity index (χ2v) is 6.14. The van der Waals surface area contributed by atoms with Gasteiger partial charge in [0.1, 0.15) is 5.69 Å². The van der Waals surface area contributed by atoms with Crippen molar-refractivity contribution in [3.05, 3.63) is 86.7 Å². The summed E-state index contributed by atoms with van der Waals surface area (Å²) in [6.07, 6.45) is 1.34. The lowest BCUT2D eigenvalue weighted by molar-refractivity contribution is 0.630. The second kappa shape index (κ2) is 6.53. The fraction of sp³-hybridized carbons (Fsp3) is 0.100. The minimum absolute atomic E-state index is 0.155. The van der Waals surface area contributed by atoms with Crippen molar-refractivity contribution in [2.45, 2.75) is 6.92 Å². The van der Waals surface area contributed by atoms with Gasteiger partial charge in [0.25, 0.3) is 11.1 Å². The summed E-state index contributed by atoms with van der Waals surface area (Å²) in [6, 6.07) is 16.6. The van der Waals surface area contributed by atoms with Crippen LogP contribution in [0.2, 0.25) is 0 Å². The first-order chi connectivity index (χ1) is 13.1. The Bertz CT molecular complexity index is 1280. The van der Waals surface area contributed by atoms with Crippen molar-refractivity contribution in [1.82, 2.24) is 19.3 Å². The SMILES string of the molecule is Cc1c(N=Cc2nc3ccccc3[nH]c2=O)c(=O)n(-c2ccccc2)n1C. The van der Waals surface area contributed by atoms with Gasteiger partial charge in [-0.3, -0.25) is 14.3 Å². The van der Waals surface area contributed by atoms with E-state index in [-0.39, 0.29) is 22.5 Å². The van der Waals surface area contributed by atoms with Gasteiger partial charge in [0.05, 0.1) is 28.6 Å². The maximum atomic E-state index is 12.9. The highest BCUT2D eigenvalue weighted by Crippen LogP contribution is 2.16. The smallest absolute Gasteiger partial charge is 0.297 e. The molecule has 0 saturated heterocycles. The molecule has 0 spiro atoms. The predicted molar refractivity (Wildman–Crippen MR) is 105 cm³/mol. The maximum absolute atomic E-state index is 12.9. The van der Waals surface area contributed by atoms with E-state index in [4.69, 9.17) is 0 Å². The zero-order chi connectivity index (χ0) is 19.0. The van der Waals surface area contributed by atoms with E-state index < -0.39 is 0 Å². The van der Waals surface area contributed by atoms with Gasteiger partial charge in [0, 0.05) is 7.05 Å². The maximum Gasteiger partial charge on any atom is 0.297 e. The number of H-pyrrole nitrogens is 1. The van der Waals surface area contributed by atoms with Crippen molar-refractivity contribution in [3.8, 4) is 5.69 Å². The third-order valence-electron chi connectivity index (χ3n) is 4.47. The summed E-state index contributed by atoms with van der Waals surface area (Å²) in [5.74, 6) is 0. The zero-order valence-corrected chi connectivity index (χ0v) is 14.9. The van der Waals surface area contributed by atoms with Gasteiger partial charge in [-0.25, -0.2) is 14.7 Å². The highest BCUT2D eigenvalue weighted by molar-refractivity contribution is 5.83. The number of para-hydroxylation sites is 3. The van der Waals surface area contributed by atoms with Crippen molar-refractivity contribution in [1.29, 1.82) is 0 Å². The Morgan fingerprint density at radius 3 is 2.52 bits per heavy atom. The van der Waals surface area contributed by atoms with Gasteiger partial charge in [-0.15, -0.1) is 0 Å². The van der Waals surface area contributed by atoms with Crippen LogP contribution in [0.5, 0.6) is 0 Å². The highest BCUT2D eigenvalue weighted by atomic mass is 16.1. The average molecular weight is 359 g/mol. The summed E-state index contributed by atoms with van der Waals surface area (Å²) < 4.78 is 3.28. The van der Waals surface area contributed by atoms with Crippen LogP contribution in [0.15, 0.2) is 69.2 Å². The topological polar surface area (TPSA) is 85.0 Å². The van der Waals surface area contributed by atoms with E-state index in [9.17, 15) is 9.59 Å². The van der Waals surface area contributed by atoms with Crippen molar-refractivity contribution in [2.24, 2.45) is 12.0 Å². The highest BCUT2D eigenvalue weighted by Gasteiger charge is 2.15. The molecule has 2 aromatic heterocycles. The Labute approximate surface area is 154 Å². The van der Waals surface area contributed by atoms with E-state index >= 15 is 0 Å². The molecule has 0 fully saturated rings. The lowest BCUT2D eigenvalue weighted by Gasteiger charge is -2.07. The summed E-state index contributed by atoms with van der Waals surface area (Å²) in [5.41, 5.74) is 2.57. The Hall–Kier alpha value is -3.74. The minimum Gasteiger partial charge on any atom is -0.319 e. The lowest BCUT2D eigenvalue weighted by atomic mass is 10.3. The number of benzene rings is 2. The molecule has 0 amide bonds. The number of aromatic nitrogens is 4. The van der Waals surface area contributed by atoms with E-state index in [0.717, 1.165) is 5.69 Å². The lowest BCUT2D eigenvalue weighted by Crippen LogP contribution is -2.19. The number of hydrogen-bond donors (Lipinski definition) is 1. The van der Waals surface area contributed by atoms with Crippen LogP contribution >= 0.6 is 0 Å². The second-order valence-electron chi connectivity index (χ2n) is 6.14. The van der Waals surface area contributed by atoms with Crippen LogP contribution in [0, 0.1) is 6.92 Å². The Morgan fingerprint density at radius 2 is 1.74 bits per heavy atom. The third-order valence-corrected chi connectivity index (χ3v) is 4.47. The fourth-order valence-corrected chi connectivity index (χ4v) is 2.96. The van der Waals surface area contributed by atoms with E-state index in [1.54, 1.807) is 28.5 Å². The molecule has 2 aromatic carbocycles. The molecule has 0 aliphatic rings. The van der Waals surface area contributed by atoms with Gasteiger partial charge in [-0.2, -0.15) is 0 Å². The van der Waals surface area contributed by atoms with Crippen LogP contribution in [0.25, 0.3) is 16.7 Å². The van der Waals surface area contributed by atoms with Crippen LogP contribution in [-0.2, 0) is 7.05 Å². The molecule has 2 heterocycles. The molecule has 0 saturated carbocycles. The first-order valence-corrected chi connectivity index (χ1v) is 8.43. The van der Waals surface area contributed by atoms with E-state index in [2.05, 4.69) is 15.0 Å². The Balaban J connectivity index is 1.81. The number of hydrogen-bond acceptors (Lipinski definition) is 4. The molecule has 0 aliphatic heterocycles. The van der Waals surface area contributed by atoms with Gasteiger partial charge >= 0.3 is 0 Å². The Morgan fingerprint density at radius 1 is 1.04 bits per heavy atom. The van der Waals surface area contributed by atoms with Crippen LogP contribution in [0.3, 0.4) is 0 Å². The van der Waals surface area contributed by atoms with Crippen molar-refractivity contribution >= 4 is 22.9 Å². The molecule has 4 aromatic rings. The molecule has 0 radical (unpaired) electrons. The Kier molecular flexibility index (Phi) is 4.04. The number of fused-ring (bicyclic) bond motifs is 1. The molecule has 4 rings (SSSR count). The average Bonchev–Trinajstić information content (AvgIpc) is 2.89. The number of nitrogens with zero attached hydrogens (tertiary/aromatic N) is 4. The minimum atomic E-state index is -0.352. The number of rotatable bonds is 3. The molecule has 1 N–H and O–H groups in total. The summed E-state index contributed by atoms with van der Waals surface area (Å²) in [6.45, 7) is 1.81. The van der Waals surface area contributed by atoms with Gasteiger partial charge in [0.15, 0.2) is 5.69 Å². The summed E-state index contributed by atoms with van der Waals surface area (Å²) >= 11 is 0. The van der Waals surface area contributed by atoms with Crippen molar-refractivity contribution < 1.29 is 0 Å². The number of nitrogens with one attached hydrogen (secondary N) is 1. The van der Waals surface area contributed by atoms with Crippen LogP contribution in [0.4, 0.5) is 5.69 Å². The van der Waals surface area contributed by atoms with Crippen molar-refractivity contribution in [3.63, 3.8) is 0 Å². The number of aliphatic imine (C=N–C) groups is 1. The monoisotopic (exact) mass is 359 g/mol. The van der Waals surface area contributed by atoms with Crippen molar-refractivity contribution in [2.75, 3.05) is 0 Å². The van der Waals surface area contributed by atoms with Gasteiger partial charge < -0.3 is 4.98 Å². The molecule has 0 aliphatic carbocycles. The molecule has 0 atom stereocenters. The quantitative estimate of drug-likeness (QED) is 0.570. The fourth-order valence-electron chi connectivity index (χ4n) is 2.96. The van der Waals surface area contributed by atoms with E-state index in [1.165, 1.54) is 6.21 Å². The molecule has 7 nitrogen and oxygen atoms in total. The van der Waals surface area contributed by atoms with Crippen LogP contribution in [-0.4, -0.2) is 25.5 Å². The number of aromatic amines is 1. The first-order valence-electron chi connectivity index (χ1n) is 8.43. The molecule has 0 bridgehead atoms. The van der Waals surface area contributed by atoms with Crippen LogP contribution in [0.1, 0.15) is 11.4 Å². The zero-order valence-electron chi connectivity index (χ0n) is 14.9. The molecule has 0 unspecified atom stereocenters. The molecular weight excluding hydrogens is 342 g/mol. The summed E-state index contributed by atoms with van der Waals surface area (Å²) in [5, 5.41) is 0. The van der Waals surface area contributed by atoms with E-state index in [0.29, 0.717) is 16.7 Å². The molecule has 27 heavy (non-hydrogen) atoms. The summed E-state index contributed by atoms with van der Waals surface area (Å²) in [7, 11) is 1.80. The van der Waals surface area contributed by atoms with Gasteiger partial charge in [0.2, 0.25) is 0 Å². The molecule has 134 valence electrons. The molecule has 7 heteroatoms. The normalized spacial score (nSPS) is 11.5. The predicted octanol–water partition coefficient (Wildman–Crippen LogP) is 2.47. The van der Waals surface area contributed by atoms with E-state index in [1.807, 2.05) is 49.4 Å². The first kappa shape index (κ1) is 16.7.